The Hall–Kier alpha value is -1.30. The van der Waals surface area contributed by atoms with E-state index < -0.39 is 11.2 Å². The van der Waals surface area contributed by atoms with Crippen LogP contribution in [-0.4, -0.2) is 58.7 Å². The summed E-state index contributed by atoms with van der Waals surface area (Å²) in [5, 5.41) is 23.2. The molecule has 0 radical (unpaired) electrons. The number of likely N-dealkylation sites (tertiary alicyclic amines) is 1. The minimum Gasteiger partial charge on any atom is -0.504 e. The Labute approximate surface area is 203 Å². The van der Waals surface area contributed by atoms with Crippen LogP contribution in [0.1, 0.15) is 77.3 Å². The summed E-state index contributed by atoms with van der Waals surface area (Å²) >= 11 is 0. The van der Waals surface area contributed by atoms with Crippen LogP contribution in [0.4, 0.5) is 0 Å². The highest BCUT2D eigenvalue weighted by molar-refractivity contribution is 5.63. The van der Waals surface area contributed by atoms with Crippen LogP contribution in [0, 0.1) is 22.7 Å². The van der Waals surface area contributed by atoms with E-state index in [1.165, 1.54) is 30.5 Å². The van der Waals surface area contributed by atoms with E-state index >= 15 is 0 Å². The summed E-state index contributed by atoms with van der Waals surface area (Å²) in [4.78, 5) is 2.82. The van der Waals surface area contributed by atoms with Crippen LogP contribution in [-0.2, 0) is 16.6 Å². The molecule has 2 spiro atoms. The molecular weight excluding hydrogens is 426 g/mol. The molecule has 186 valence electrons. The van der Waals surface area contributed by atoms with Gasteiger partial charge in [-0.25, -0.2) is 0 Å². The summed E-state index contributed by atoms with van der Waals surface area (Å²) in [5.74, 6) is 1.80. The van der Waals surface area contributed by atoms with Crippen molar-refractivity contribution in [3.05, 3.63) is 23.3 Å². The fraction of sp³-hybridized carbons (Fsp3) is 0.793. The first-order valence-corrected chi connectivity index (χ1v) is 13.6. The summed E-state index contributed by atoms with van der Waals surface area (Å²) < 4.78 is 13.5. The third-order valence-corrected chi connectivity index (χ3v) is 11.9. The van der Waals surface area contributed by atoms with Gasteiger partial charge >= 0.3 is 0 Å². The van der Waals surface area contributed by atoms with Crippen molar-refractivity contribution >= 4 is 0 Å². The number of phenolic OH excluding ortho intramolecular Hbond substituents is 1. The molecule has 0 aromatic heterocycles. The number of phenols is 1. The fourth-order valence-corrected chi connectivity index (χ4v) is 9.58. The van der Waals surface area contributed by atoms with Crippen molar-refractivity contribution in [2.45, 2.75) is 101 Å². The molecule has 5 fully saturated rings. The van der Waals surface area contributed by atoms with Crippen LogP contribution in [0.3, 0.4) is 0 Å². The number of benzene rings is 1. The van der Waals surface area contributed by atoms with Gasteiger partial charge in [0.05, 0.1) is 5.60 Å². The van der Waals surface area contributed by atoms with E-state index in [2.05, 4.69) is 31.7 Å². The lowest BCUT2D eigenvalue weighted by Crippen LogP contribution is -2.83. The van der Waals surface area contributed by atoms with Gasteiger partial charge in [-0.3, -0.25) is 4.90 Å². The average molecular weight is 468 g/mol. The molecular formula is C29H41NO4. The van der Waals surface area contributed by atoms with E-state index in [0.717, 1.165) is 44.6 Å². The van der Waals surface area contributed by atoms with Crippen molar-refractivity contribution in [1.82, 2.24) is 4.90 Å². The van der Waals surface area contributed by atoms with Crippen LogP contribution in [0.15, 0.2) is 12.1 Å². The average Bonchev–Trinajstić information content (AvgIpc) is 3.53. The van der Waals surface area contributed by atoms with Gasteiger partial charge in [-0.1, -0.05) is 26.8 Å². The first kappa shape index (κ1) is 21.9. The summed E-state index contributed by atoms with van der Waals surface area (Å²) in [6.07, 6.45) is 7.64. The second kappa shape index (κ2) is 6.33. The molecule has 5 aliphatic carbocycles. The third kappa shape index (κ3) is 2.25. The van der Waals surface area contributed by atoms with E-state index in [4.69, 9.17) is 9.47 Å². The third-order valence-electron chi connectivity index (χ3n) is 11.9. The SMILES string of the molecule is CO[C@]12CCC3(C[C@@H]1[C@](C)(O)C(C)(C)C)C1Cc4ccc(O)c5c4[C@@]3(CCN1CC1CC1)C2O5. The van der Waals surface area contributed by atoms with Crippen molar-refractivity contribution in [3.8, 4) is 11.5 Å². The summed E-state index contributed by atoms with van der Waals surface area (Å²) in [5.41, 5.74) is 0.783. The topological polar surface area (TPSA) is 62.2 Å². The quantitative estimate of drug-likeness (QED) is 0.687. The molecule has 2 N–H and O–H groups in total. The number of rotatable bonds is 4. The Morgan fingerprint density at radius 2 is 1.91 bits per heavy atom. The summed E-state index contributed by atoms with van der Waals surface area (Å²) in [6, 6.07) is 4.46. The predicted octanol–water partition coefficient (Wildman–Crippen LogP) is 4.41. The van der Waals surface area contributed by atoms with Crippen molar-refractivity contribution in [3.63, 3.8) is 0 Å². The highest BCUT2D eigenvalue weighted by atomic mass is 16.6. The van der Waals surface area contributed by atoms with Gasteiger partial charge in [0.25, 0.3) is 0 Å². The zero-order valence-electron chi connectivity index (χ0n) is 21.5. The Morgan fingerprint density at radius 1 is 1.15 bits per heavy atom. The normalized spacial score (nSPS) is 43.9. The highest BCUT2D eigenvalue weighted by Crippen LogP contribution is 2.78. The molecule has 7 atom stereocenters. The highest BCUT2D eigenvalue weighted by Gasteiger charge is 2.82. The molecule has 7 aliphatic rings. The number of nitrogens with zero attached hydrogens (tertiary/aromatic N) is 1. The molecule has 4 bridgehead atoms. The van der Waals surface area contributed by atoms with Crippen molar-refractivity contribution in [2.75, 3.05) is 20.2 Å². The maximum Gasteiger partial charge on any atom is 0.165 e. The lowest BCUT2D eigenvalue weighted by atomic mass is 9.33. The molecule has 1 saturated heterocycles. The van der Waals surface area contributed by atoms with Gasteiger partial charge in [0.2, 0.25) is 0 Å². The first-order valence-electron chi connectivity index (χ1n) is 13.6. The number of aromatic hydroxyl groups is 1. The second-order valence-corrected chi connectivity index (χ2v) is 13.8. The number of methoxy groups -OCH3 is 1. The lowest BCUT2D eigenvalue weighted by molar-refractivity contribution is -0.312. The van der Waals surface area contributed by atoms with E-state index in [1.54, 1.807) is 0 Å². The zero-order valence-corrected chi connectivity index (χ0v) is 21.5. The van der Waals surface area contributed by atoms with Crippen molar-refractivity contribution in [1.29, 1.82) is 0 Å². The van der Waals surface area contributed by atoms with Gasteiger partial charge in [0.15, 0.2) is 11.5 Å². The molecule has 0 amide bonds. The standard InChI is InChI=1S/C29H41NO4/c1-25(2,3)26(4,32)20-15-27-10-11-29(20,33-5)24-28(27)12-13-30(16-17-6-7-17)21(27)14-18-8-9-19(31)23(34-24)22(18)28/h8-9,17,20-21,24,31-32H,6-7,10-16H2,1-5H3/t20-,21?,24?,26+,27?,28+,29-/m1/s1. The van der Waals surface area contributed by atoms with Crippen LogP contribution in [0.2, 0.25) is 0 Å². The molecule has 1 aromatic carbocycles. The van der Waals surface area contributed by atoms with Gasteiger partial charge in [-0.2, -0.15) is 0 Å². The largest absolute Gasteiger partial charge is 0.504 e. The number of aliphatic hydroxyl groups is 1. The molecule has 8 rings (SSSR count). The minimum absolute atomic E-state index is 0.0294. The second-order valence-electron chi connectivity index (χ2n) is 13.8. The maximum atomic E-state index is 12.2. The minimum atomic E-state index is -0.909. The Kier molecular flexibility index (Phi) is 4.08. The molecule has 5 heteroatoms. The molecule has 1 aromatic rings. The predicted molar refractivity (Wildman–Crippen MR) is 130 cm³/mol. The molecule has 3 unspecified atom stereocenters. The number of piperidine rings is 1. The fourth-order valence-electron chi connectivity index (χ4n) is 9.58. The van der Waals surface area contributed by atoms with Gasteiger partial charge in [-0.15, -0.1) is 0 Å². The summed E-state index contributed by atoms with van der Waals surface area (Å²) in [6.45, 7) is 10.8. The lowest BCUT2D eigenvalue weighted by Gasteiger charge is -2.75. The first-order chi connectivity index (χ1) is 16.0. The van der Waals surface area contributed by atoms with E-state index in [-0.39, 0.29) is 34.0 Å². The van der Waals surface area contributed by atoms with Gasteiger partial charge in [0, 0.05) is 42.0 Å². The van der Waals surface area contributed by atoms with Crippen LogP contribution in [0.5, 0.6) is 11.5 Å². The van der Waals surface area contributed by atoms with E-state index in [0.29, 0.717) is 11.8 Å². The molecule has 34 heavy (non-hydrogen) atoms. The van der Waals surface area contributed by atoms with Crippen LogP contribution < -0.4 is 4.74 Å². The zero-order chi connectivity index (χ0) is 23.9. The van der Waals surface area contributed by atoms with Gasteiger partial charge in [-0.05, 0) is 81.4 Å². The molecule has 4 saturated carbocycles. The smallest absolute Gasteiger partial charge is 0.165 e. The number of hydrogen-bond donors (Lipinski definition) is 2. The van der Waals surface area contributed by atoms with E-state index in [9.17, 15) is 10.2 Å². The van der Waals surface area contributed by atoms with E-state index in [1.807, 2.05) is 20.1 Å². The van der Waals surface area contributed by atoms with Crippen molar-refractivity contribution in [2.24, 2.45) is 22.7 Å². The van der Waals surface area contributed by atoms with Crippen LogP contribution >= 0.6 is 0 Å². The molecule has 5 nitrogen and oxygen atoms in total. The Balaban J connectivity index is 1.47. The van der Waals surface area contributed by atoms with Gasteiger partial charge < -0.3 is 19.7 Å². The van der Waals surface area contributed by atoms with Crippen molar-refractivity contribution < 1.29 is 19.7 Å². The number of ether oxygens (including phenoxy) is 2. The Morgan fingerprint density at radius 3 is 2.59 bits per heavy atom. The molecule has 2 aliphatic heterocycles. The molecule has 2 heterocycles. The number of hydrogen-bond acceptors (Lipinski definition) is 5. The Bertz CT molecular complexity index is 1060. The monoisotopic (exact) mass is 467 g/mol. The number of fused-ring (bicyclic) bond motifs is 2. The van der Waals surface area contributed by atoms with Crippen LogP contribution in [0.25, 0.3) is 0 Å². The maximum absolute atomic E-state index is 12.2. The van der Waals surface area contributed by atoms with Gasteiger partial charge in [0.1, 0.15) is 11.7 Å². The summed E-state index contributed by atoms with van der Waals surface area (Å²) in [7, 11) is 1.83.